The second kappa shape index (κ2) is 5.49. The van der Waals surface area contributed by atoms with Crippen LogP contribution in [0.15, 0.2) is 0 Å². The van der Waals surface area contributed by atoms with E-state index in [1.807, 2.05) is 0 Å². The fourth-order valence-corrected chi connectivity index (χ4v) is 3.49. The maximum Gasteiger partial charge on any atom is 0.244 e. The fraction of sp³-hybridized carbons (Fsp3) is 0.857. The molecule has 0 amide bonds. The maximum absolute atomic E-state index is 4.83. The second-order valence-corrected chi connectivity index (χ2v) is 5.92. The molecule has 2 aliphatic rings. The molecule has 1 aliphatic carbocycles. The molecule has 19 heavy (non-hydrogen) atoms. The van der Waals surface area contributed by atoms with Crippen LogP contribution in [0.3, 0.4) is 0 Å². The number of aromatic amines is 1. The zero-order chi connectivity index (χ0) is 13.1. The second-order valence-electron chi connectivity index (χ2n) is 5.92. The molecule has 2 N–H and O–H groups in total. The highest BCUT2D eigenvalue weighted by atomic mass is 15.4. The molecule has 1 aliphatic heterocycles. The summed E-state index contributed by atoms with van der Waals surface area (Å²) in [6, 6.07) is 0. The number of H-pyrrole nitrogens is 1. The monoisotopic (exact) mass is 263 g/mol. The van der Waals surface area contributed by atoms with Gasteiger partial charge in [-0.05, 0) is 32.2 Å². The molecule has 3 rings (SSSR count). The molecule has 0 spiro atoms. The highest BCUT2D eigenvalue weighted by Crippen LogP contribution is 2.42. The Morgan fingerprint density at radius 3 is 2.79 bits per heavy atom. The van der Waals surface area contributed by atoms with Gasteiger partial charge in [0.1, 0.15) is 5.82 Å². The summed E-state index contributed by atoms with van der Waals surface area (Å²) in [4.78, 5) is 7.14. The van der Waals surface area contributed by atoms with Crippen molar-refractivity contribution in [3.63, 3.8) is 0 Å². The van der Waals surface area contributed by atoms with Crippen LogP contribution in [0.5, 0.6) is 0 Å². The first kappa shape index (κ1) is 12.9. The predicted octanol–water partition coefficient (Wildman–Crippen LogP) is 1.83. The van der Waals surface area contributed by atoms with E-state index < -0.39 is 0 Å². The number of nitrogens with zero attached hydrogens (tertiary/aromatic N) is 3. The van der Waals surface area contributed by atoms with Crippen LogP contribution in [0.4, 0.5) is 5.95 Å². The van der Waals surface area contributed by atoms with E-state index >= 15 is 0 Å². The van der Waals surface area contributed by atoms with Crippen molar-refractivity contribution in [2.45, 2.75) is 50.9 Å². The van der Waals surface area contributed by atoms with E-state index in [4.69, 9.17) is 4.98 Å². The van der Waals surface area contributed by atoms with Crippen molar-refractivity contribution < 1.29 is 0 Å². The van der Waals surface area contributed by atoms with Crippen molar-refractivity contribution in [2.75, 3.05) is 31.1 Å². The lowest BCUT2D eigenvalue weighted by atomic mass is 9.83. The zero-order valence-corrected chi connectivity index (χ0v) is 11.9. The summed E-state index contributed by atoms with van der Waals surface area (Å²) in [6.07, 6.45) is 7.53. The number of nitrogens with one attached hydrogen (secondary N) is 2. The van der Waals surface area contributed by atoms with E-state index in [9.17, 15) is 0 Å². The Hall–Kier alpha value is -1.10. The molecule has 1 saturated heterocycles. The molecular weight excluding hydrogens is 238 g/mol. The Morgan fingerprint density at radius 1 is 1.16 bits per heavy atom. The Labute approximate surface area is 115 Å². The molecule has 1 aromatic heterocycles. The van der Waals surface area contributed by atoms with Gasteiger partial charge in [-0.15, -0.1) is 5.10 Å². The lowest BCUT2D eigenvalue weighted by molar-refractivity contribution is 0.400. The Balaban J connectivity index is 1.78. The van der Waals surface area contributed by atoms with Crippen molar-refractivity contribution in [1.82, 2.24) is 20.5 Å². The summed E-state index contributed by atoms with van der Waals surface area (Å²) in [5, 5.41) is 11.1. The van der Waals surface area contributed by atoms with Crippen molar-refractivity contribution in [3.8, 4) is 0 Å². The molecule has 0 unspecified atom stereocenters. The maximum atomic E-state index is 4.83. The minimum atomic E-state index is 0.273. The lowest BCUT2D eigenvalue weighted by Crippen LogP contribution is -2.29. The van der Waals surface area contributed by atoms with Gasteiger partial charge in [-0.2, -0.15) is 4.98 Å². The molecular formula is C14H25N5. The number of aromatic nitrogens is 3. The van der Waals surface area contributed by atoms with Crippen molar-refractivity contribution in [1.29, 1.82) is 0 Å². The van der Waals surface area contributed by atoms with Crippen molar-refractivity contribution in [2.24, 2.45) is 0 Å². The summed E-state index contributed by atoms with van der Waals surface area (Å²) in [5.74, 6) is 2.03. The molecule has 2 fully saturated rings. The highest BCUT2D eigenvalue weighted by Gasteiger charge is 2.37. The first-order chi connectivity index (χ1) is 9.34. The molecule has 0 radical (unpaired) electrons. The predicted molar refractivity (Wildman–Crippen MR) is 76.5 cm³/mol. The van der Waals surface area contributed by atoms with E-state index in [0.29, 0.717) is 0 Å². The molecule has 0 atom stereocenters. The normalized spacial score (nSPS) is 23.5. The van der Waals surface area contributed by atoms with Crippen LogP contribution in [0.1, 0.15) is 51.3 Å². The third-order valence-corrected chi connectivity index (χ3v) is 4.84. The van der Waals surface area contributed by atoms with Gasteiger partial charge in [-0.3, -0.25) is 5.10 Å². The average Bonchev–Trinajstić information content (AvgIpc) is 3.03. The summed E-state index contributed by atoms with van der Waals surface area (Å²) < 4.78 is 0. The smallest absolute Gasteiger partial charge is 0.244 e. The molecule has 0 bridgehead atoms. The van der Waals surface area contributed by atoms with Gasteiger partial charge in [0.15, 0.2) is 0 Å². The zero-order valence-electron chi connectivity index (χ0n) is 11.9. The SMILES string of the molecule is CCC1(c2nc(N3CCCNCC3)n[nH]2)CCCC1. The molecule has 1 saturated carbocycles. The van der Waals surface area contributed by atoms with Gasteiger partial charge in [0, 0.05) is 25.0 Å². The summed E-state index contributed by atoms with van der Waals surface area (Å²) in [6.45, 7) is 6.48. The summed E-state index contributed by atoms with van der Waals surface area (Å²) in [5.41, 5.74) is 0.273. The topological polar surface area (TPSA) is 56.8 Å². The van der Waals surface area contributed by atoms with Crippen LogP contribution < -0.4 is 10.2 Å². The van der Waals surface area contributed by atoms with Crippen LogP contribution in [-0.4, -0.2) is 41.4 Å². The number of anilines is 1. The molecule has 5 nitrogen and oxygen atoms in total. The van der Waals surface area contributed by atoms with Gasteiger partial charge in [0.25, 0.3) is 0 Å². The van der Waals surface area contributed by atoms with Crippen LogP contribution >= 0.6 is 0 Å². The summed E-state index contributed by atoms with van der Waals surface area (Å²) in [7, 11) is 0. The number of rotatable bonds is 3. The van der Waals surface area contributed by atoms with Crippen LogP contribution in [-0.2, 0) is 5.41 Å². The number of hydrogen-bond donors (Lipinski definition) is 2. The Bertz CT molecular complexity index is 400. The first-order valence-electron chi connectivity index (χ1n) is 7.73. The van der Waals surface area contributed by atoms with Gasteiger partial charge in [0.2, 0.25) is 5.95 Å². The molecule has 1 aromatic rings. The lowest BCUT2D eigenvalue weighted by Gasteiger charge is -2.24. The molecule has 5 heteroatoms. The molecule has 2 heterocycles. The molecule has 0 aromatic carbocycles. The quantitative estimate of drug-likeness (QED) is 0.873. The standard InChI is InChI=1S/C14H25N5/c1-2-14(6-3-4-7-14)12-16-13(18-17-12)19-10-5-8-15-9-11-19/h15H,2-11H2,1H3,(H,16,17,18). The average molecular weight is 263 g/mol. The van der Waals surface area contributed by atoms with E-state index in [1.54, 1.807) is 0 Å². The highest BCUT2D eigenvalue weighted by molar-refractivity contribution is 5.30. The van der Waals surface area contributed by atoms with Crippen LogP contribution in [0.25, 0.3) is 0 Å². The van der Waals surface area contributed by atoms with Gasteiger partial charge in [0.05, 0.1) is 0 Å². The minimum Gasteiger partial charge on any atom is -0.338 e. The van der Waals surface area contributed by atoms with E-state index in [0.717, 1.165) is 38.0 Å². The summed E-state index contributed by atoms with van der Waals surface area (Å²) >= 11 is 0. The minimum absolute atomic E-state index is 0.273. The van der Waals surface area contributed by atoms with E-state index in [2.05, 4.69) is 27.3 Å². The Kier molecular flexibility index (Phi) is 3.73. The first-order valence-corrected chi connectivity index (χ1v) is 7.73. The van der Waals surface area contributed by atoms with Gasteiger partial charge in [-0.25, -0.2) is 0 Å². The molecule has 106 valence electrons. The van der Waals surface area contributed by atoms with Crippen LogP contribution in [0.2, 0.25) is 0 Å². The fourth-order valence-electron chi connectivity index (χ4n) is 3.49. The van der Waals surface area contributed by atoms with E-state index in [1.165, 1.54) is 38.5 Å². The van der Waals surface area contributed by atoms with Crippen LogP contribution in [0, 0.1) is 0 Å². The van der Waals surface area contributed by atoms with E-state index in [-0.39, 0.29) is 5.41 Å². The van der Waals surface area contributed by atoms with Gasteiger partial charge < -0.3 is 10.2 Å². The van der Waals surface area contributed by atoms with Gasteiger partial charge >= 0.3 is 0 Å². The largest absolute Gasteiger partial charge is 0.338 e. The van der Waals surface area contributed by atoms with Crippen molar-refractivity contribution in [3.05, 3.63) is 5.82 Å². The third-order valence-electron chi connectivity index (χ3n) is 4.84. The Morgan fingerprint density at radius 2 is 2.00 bits per heavy atom. The third kappa shape index (κ3) is 2.48. The van der Waals surface area contributed by atoms with Gasteiger partial charge in [-0.1, -0.05) is 19.8 Å². The number of hydrogen-bond acceptors (Lipinski definition) is 4. The van der Waals surface area contributed by atoms with Crippen molar-refractivity contribution >= 4 is 5.95 Å².